The van der Waals surface area contributed by atoms with Crippen LogP contribution >= 0.6 is 0 Å². The molecule has 0 aliphatic carbocycles. The number of pyridine rings is 1. The number of hydrogen-bond acceptors (Lipinski definition) is 3. The molecule has 1 aromatic heterocycles. The molecule has 3 nitrogen and oxygen atoms in total. The van der Waals surface area contributed by atoms with Crippen LogP contribution in [0.1, 0.15) is 23.1 Å². The normalized spacial score (nSPS) is 12.2. The second-order valence-corrected chi connectivity index (χ2v) is 2.95. The number of nitrogens with two attached hydrogens (primary N) is 2. The van der Waals surface area contributed by atoms with E-state index in [0.717, 1.165) is 0 Å². The van der Waals surface area contributed by atoms with E-state index in [4.69, 9.17) is 11.5 Å². The van der Waals surface area contributed by atoms with Crippen molar-refractivity contribution in [3.63, 3.8) is 0 Å². The van der Waals surface area contributed by atoms with Gasteiger partial charge in [-0.3, -0.25) is 0 Å². The number of rotatable bonds is 2. The Morgan fingerprint density at radius 1 is 1.31 bits per heavy atom. The van der Waals surface area contributed by atoms with Crippen LogP contribution < -0.4 is 11.5 Å². The highest BCUT2D eigenvalue weighted by molar-refractivity contribution is 5.49. The topological polar surface area (TPSA) is 64.9 Å². The lowest BCUT2D eigenvalue weighted by molar-refractivity contribution is -0.140. The maximum Gasteiger partial charge on any atom is 0.417 e. The first kappa shape index (κ1) is 12.6. The predicted octanol–water partition coefficient (Wildman–Crippen LogP) is 2.08. The third-order valence-corrected chi connectivity index (χ3v) is 1.97. The van der Waals surface area contributed by atoms with Gasteiger partial charge in [0.15, 0.2) is 0 Å². The Hall–Kier alpha value is -1.44. The Morgan fingerprint density at radius 3 is 2.25 bits per heavy atom. The fourth-order valence-corrected chi connectivity index (χ4v) is 1.29. The van der Waals surface area contributed by atoms with Gasteiger partial charge in [0.2, 0.25) is 0 Å². The lowest BCUT2D eigenvalue weighted by Gasteiger charge is -2.17. The quantitative estimate of drug-likeness (QED) is 0.779. The van der Waals surface area contributed by atoms with Crippen LogP contribution in [-0.4, -0.2) is 4.98 Å². The van der Waals surface area contributed by atoms with Gasteiger partial charge >= 0.3 is 6.18 Å². The predicted molar refractivity (Wildman–Crippen MR) is 46.5 cm³/mol. The summed E-state index contributed by atoms with van der Waals surface area (Å²) >= 11 is 0. The number of nitrogens with zero attached hydrogens (tertiary/aromatic N) is 1. The van der Waals surface area contributed by atoms with Crippen molar-refractivity contribution >= 4 is 5.82 Å². The minimum atomic E-state index is -4.93. The van der Waals surface area contributed by atoms with Crippen LogP contribution in [0.2, 0.25) is 0 Å². The zero-order valence-electron chi connectivity index (χ0n) is 7.85. The van der Waals surface area contributed by atoms with E-state index in [1.807, 2.05) is 0 Å². The molecule has 4 N–H and O–H groups in total. The highest BCUT2D eigenvalue weighted by Gasteiger charge is 2.39. The molecule has 1 rings (SSSR count). The van der Waals surface area contributed by atoms with Crippen LogP contribution in [0.15, 0.2) is 6.20 Å². The molecule has 0 amide bonds. The van der Waals surface area contributed by atoms with Crippen LogP contribution in [0.25, 0.3) is 0 Å². The van der Waals surface area contributed by atoms with Crippen molar-refractivity contribution in [3.8, 4) is 0 Å². The van der Waals surface area contributed by atoms with E-state index in [2.05, 4.69) is 4.98 Å². The first-order chi connectivity index (χ1) is 7.29. The van der Waals surface area contributed by atoms with Gasteiger partial charge in [-0.05, 0) is 0 Å². The Kier molecular flexibility index (Phi) is 3.32. The van der Waals surface area contributed by atoms with Crippen molar-refractivity contribution in [1.82, 2.24) is 4.98 Å². The largest absolute Gasteiger partial charge is 0.417 e. The van der Waals surface area contributed by atoms with E-state index < -0.39 is 41.7 Å². The fourth-order valence-electron chi connectivity index (χ4n) is 1.29. The molecule has 0 spiro atoms. The summed E-state index contributed by atoms with van der Waals surface area (Å²) in [6.45, 7) is -0.603. The van der Waals surface area contributed by atoms with Gasteiger partial charge in [-0.2, -0.15) is 13.2 Å². The Balaban J connectivity index is 3.54. The number of alkyl halides is 5. The van der Waals surface area contributed by atoms with E-state index >= 15 is 0 Å². The minimum absolute atomic E-state index is 0.419. The monoisotopic (exact) mass is 241 g/mol. The maximum absolute atomic E-state index is 12.6. The first-order valence-corrected chi connectivity index (χ1v) is 4.11. The highest BCUT2D eigenvalue weighted by Crippen LogP contribution is 2.39. The second kappa shape index (κ2) is 4.20. The van der Waals surface area contributed by atoms with Crippen LogP contribution in [0.5, 0.6) is 0 Å². The molecular weight excluding hydrogens is 233 g/mol. The summed E-state index contributed by atoms with van der Waals surface area (Å²) in [7, 11) is 0. The number of halogens is 5. The van der Waals surface area contributed by atoms with Crippen molar-refractivity contribution in [2.75, 3.05) is 5.73 Å². The van der Waals surface area contributed by atoms with Crippen LogP contribution in [0.4, 0.5) is 27.8 Å². The summed E-state index contributed by atoms with van der Waals surface area (Å²) in [5, 5.41) is 0. The molecule has 0 bridgehead atoms. The zero-order chi connectivity index (χ0) is 12.5. The van der Waals surface area contributed by atoms with Gasteiger partial charge in [0.05, 0.1) is 5.56 Å². The van der Waals surface area contributed by atoms with Gasteiger partial charge in [-0.25, -0.2) is 13.8 Å². The standard InChI is InChI=1S/C8H8F5N3/c9-6(10)4-2-16-7(15)3(1-14)5(4)8(11,12)13/h2,6H,1,14H2,(H2,15,16). The fraction of sp³-hybridized carbons (Fsp3) is 0.375. The first-order valence-electron chi connectivity index (χ1n) is 4.11. The molecule has 0 saturated carbocycles. The molecule has 1 aromatic rings. The number of aromatic nitrogens is 1. The van der Waals surface area contributed by atoms with Gasteiger partial charge in [0, 0.05) is 23.9 Å². The summed E-state index contributed by atoms with van der Waals surface area (Å²) in [6.07, 6.45) is -7.80. The number of hydrogen-bond donors (Lipinski definition) is 2. The third-order valence-electron chi connectivity index (χ3n) is 1.97. The van der Waals surface area contributed by atoms with Crippen molar-refractivity contribution in [2.45, 2.75) is 19.1 Å². The smallest absolute Gasteiger partial charge is 0.383 e. The highest BCUT2D eigenvalue weighted by atomic mass is 19.4. The van der Waals surface area contributed by atoms with Crippen LogP contribution in [0, 0.1) is 0 Å². The Labute approximate surface area is 87.3 Å². The van der Waals surface area contributed by atoms with E-state index in [9.17, 15) is 22.0 Å². The van der Waals surface area contributed by atoms with E-state index in [1.165, 1.54) is 0 Å². The van der Waals surface area contributed by atoms with Crippen LogP contribution in [-0.2, 0) is 12.7 Å². The van der Waals surface area contributed by atoms with Crippen LogP contribution in [0.3, 0.4) is 0 Å². The number of anilines is 1. The Bertz CT molecular complexity index is 388. The molecule has 16 heavy (non-hydrogen) atoms. The molecule has 0 fully saturated rings. The minimum Gasteiger partial charge on any atom is -0.383 e. The SMILES string of the molecule is NCc1c(N)ncc(C(F)F)c1C(F)(F)F. The molecule has 0 atom stereocenters. The van der Waals surface area contributed by atoms with E-state index in [-0.39, 0.29) is 0 Å². The molecule has 90 valence electrons. The van der Waals surface area contributed by atoms with E-state index in [1.54, 1.807) is 0 Å². The molecule has 8 heteroatoms. The summed E-state index contributed by atoms with van der Waals surface area (Å²) < 4.78 is 62.5. The summed E-state index contributed by atoms with van der Waals surface area (Å²) in [5.74, 6) is -0.487. The average molecular weight is 241 g/mol. The molecule has 0 saturated heterocycles. The molecule has 0 radical (unpaired) electrons. The maximum atomic E-state index is 12.6. The second-order valence-electron chi connectivity index (χ2n) is 2.95. The van der Waals surface area contributed by atoms with Gasteiger partial charge < -0.3 is 11.5 Å². The van der Waals surface area contributed by atoms with Gasteiger partial charge in [0.25, 0.3) is 6.43 Å². The van der Waals surface area contributed by atoms with Crippen molar-refractivity contribution in [1.29, 1.82) is 0 Å². The van der Waals surface area contributed by atoms with Crippen molar-refractivity contribution in [3.05, 3.63) is 22.9 Å². The molecule has 0 aromatic carbocycles. The van der Waals surface area contributed by atoms with Gasteiger partial charge in [0.1, 0.15) is 5.82 Å². The van der Waals surface area contributed by atoms with E-state index in [0.29, 0.717) is 6.20 Å². The molecule has 0 aliphatic rings. The zero-order valence-corrected chi connectivity index (χ0v) is 7.85. The lowest BCUT2D eigenvalue weighted by Crippen LogP contribution is -2.18. The molecule has 1 heterocycles. The molecular formula is C8H8F5N3. The molecule has 0 unspecified atom stereocenters. The summed E-state index contributed by atoms with van der Waals surface area (Å²) in [4.78, 5) is 3.26. The van der Waals surface area contributed by atoms with Gasteiger partial charge in [-0.1, -0.05) is 0 Å². The number of nitrogen functional groups attached to an aromatic ring is 1. The van der Waals surface area contributed by atoms with Gasteiger partial charge in [-0.15, -0.1) is 0 Å². The average Bonchev–Trinajstić information content (AvgIpc) is 2.15. The van der Waals surface area contributed by atoms with Crippen molar-refractivity contribution < 1.29 is 22.0 Å². The third kappa shape index (κ3) is 2.21. The Morgan fingerprint density at radius 2 is 1.88 bits per heavy atom. The summed E-state index contributed by atoms with van der Waals surface area (Å²) in [5.41, 5.74) is 6.91. The summed E-state index contributed by atoms with van der Waals surface area (Å²) in [6, 6.07) is 0. The lowest BCUT2D eigenvalue weighted by atomic mass is 10.0. The van der Waals surface area contributed by atoms with Crippen molar-refractivity contribution in [2.24, 2.45) is 5.73 Å². The molecule has 0 aliphatic heterocycles.